The largest absolute Gasteiger partial charge is 0.360 e. The fourth-order valence-electron chi connectivity index (χ4n) is 4.28. The molecule has 5 nitrogen and oxygen atoms in total. The van der Waals surface area contributed by atoms with Gasteiger partial charge in [-0.25, -0.2) is 4.98 Å². The van der Waals surface area contributed by atoms with Gasteiger partial charge in [-0.2, -0.15) is 0 Å². The van der Waals surface area contributed by atoms with Crippen LogP contribution >= 0.6 is 0 Å². The predicted octanol–water partition coefficient (Wildman–Crippen LogP) is 5.53. The lowest BCUT2D eigenvalue weighted by Crippen LogP contribution is -2.42. The summed E-state index contributed by atoms with van der Waals surface area (Å²) in [5, 5.41) is 6.28. The summed E-state index contributed by atoms with van der Waals surface area (Å²) in [6.07, 6.45) is 0.482. The third kappa shape index (κ3) is 3.45. The molecule has 0 fully saturated rings. The summed E-state index contributed by atoms with van der Waals surface area (Å²) >= 11 is 0. The minimum atomic E-state index is -0.0311. The molecule has 2 aromatic heterocycles. The number of fused-ring (bicyclic) bond motifs is 2. The fraction of sp³-hybridized carbons (Fsp3) is 0.320. The normalized spacial score (nSPS) is 11.7. The van der Waals surface area contributed by atoms with Crippen LogP contribution in [0.3, 0.4) is 0 Å². The SMILES string of the molecule is Cc1noc(Cc2c3ccccc3nc3ccccc23)c1C(=O)N(C(C)C)C(C)C. The monoisotopic (exact) mass is 401 g/mol. The van der Waals surface area contributed by atoms with Crippen molar-refractivity contribution in [2.75, 3.05) is 0 Å². The van der Waals surface area contributed by atoms with E-state index in [1.807, 2.05) is 75.9 Å². The van der Waals surface area contributed by atoms with Crippen molar-refractivity contribution in [2.24, 2.45) is 0 Å². The molecule has 30 heavy (non-hydrogen) atoms. The van der Waals surface area contributed by atoms with E-state index < -0.39 is 0 Å². The van der Waals surface area contributed by atoms with Gasteiger partial charge in [0.05, 0.1) is 16.7 Å². The number of nitrogens with zero attached hydrogens (tertiary/aromatic N) is 3. The number of aromatic nitrogens is 2. The summed E-state index contributed by atoms with van der Waals surface area (Å²) in [6.45, 7) is 9.96. The first-order valence-electron chi connectivity index (χ1n) is 10.4. The fourth-order valence-corrected chi connectivity index (χ4v) is 4.28. The molecule has 2 aromatic carbocycles. The van der Waals surface area contributed by atoms with E-state index in [4.69, 9.17) is 9.51 Å². The molecule has 0 atom stereocenters. The average molecular weight is 402 g/mol. The van der Waals surface area contributed by atoms with Gasteiger partial charge in [0.15, 0.2) is 5.76 Å². The van der Waals surface area contributed by atoms with Crippen LogP contribution in [-0.2, 0) is 6.42 Å². The van der Waals surface area contributed by atoms with Gasteiger partial charge in [0.25, 0.3) is 5.91 Å². The lowest BCUT2D eigenvalue weighted by molar-refractivity contribution is 0.0641. The van der Waals surface area contributed by atoms with Gasteiger partial charge in [0.1, 0.15) is 5.56 Å². The molecule has 4 aromatic rings. The molecular formula is C25H27N3O2. The Balaban J connectivity index is 1.87. The maximum absolute atomic E-state index is 13.5. The van der Waals surface area contributed by atoms with Crippen molar-refractivity contribution in [3.63, 3.8) is 0 Å². The van der Waals surface area contributed by atoms with Crippen molar-refractivity contribution in [3.05, 3.63) is 71.1 Å². The van der Waals surface area contributed by atoms with Crippen LogP contribution in [0.2, 0.25) is 0 Å². The standard InChI is InChI=1S/C25H27N3O2/c1-15(2)28(16(3)4)25(29)24-17(5)27-30-23(24)14-20-18-10-6-8-12-21(18)26-22-13-9-7-11-19(20)22/h6-13,15-16H,14H2,1-5H3. The number of hydrogen-bond acceptors (Lipinski definition) is 4. The molecular weight excluding hydrogens is 374 g/mol. The summed E-state index contributed by atoms with van der Waals surface area (Å²) in [4.78, 5) is 20.1. The summed E-state index contributed by atoms with van der Waals surface area (Å²) in [6, 6.07) is 16.4. The smallest absolute Gasteiger partial charge is 0.259 e. The Hall–Kier alpha value is -3.21. The van der Waals surface area contributed by atoms with Gasteiger partial charge in [-0.1, -0.05) is 41.6 Å². The van der Waals surface area contributed by atoms with Crippen LogP contribution in [0.15, 0.2) is 53.1 Å². The Bertz CT molecular complexity index is 1160. The van der Waals surface area contributed by atoms with Crippen molar-refractivity contribution < 1.29 is 9.32 Å². The molecule has 0 saturated carbocycles. The highest BCUT2D eigenvalue weighted by molar-refractivity contribution is 5.99. The number of benzene rings is 2. The molecule has 0 aliphatic carbocycles. The van der Waals surface area contributed by atoms with E-state index in [2.05, 4.69) is 17.3 Å². The van der Waals surface area contributed by atoms with Crippen LogP contribution in [0.4, 0.5) is 0 Å². The highest BCUT2D eigenvalue weighted by Crippen LogP contribution is 2.30. The Morgan fingerprint density at radius 3 is 2.00 bits per heavy atom. The molecule has 2 heterocycles. The molecule has 0 N–H and O–H groups in total. The summed E-state index contributed by atoms with van der Waals surface area (Å²) in [5.41, 5.74) is 4.16. The van der Waals surface area contributed by atoms with Gasteiger partial charge in [-0.15, -0.1) is 0 Å². The Morgan fingerprint density at radius 1 is 0.933 bits per heavy atom. The first kappa shape index (κ1) is 20.1. The number of aryl methyl sites for hydroxylation is 1. The molecule has 5 heteroatoms. The highest BCUT2D eigenvalue weighted by atomic mass is 16.5. The first-order chi connectivity index (χ1) is 14.4. The van der Waals surface area contributed by atoms with Crippen LogP contribution in [0.5, 0.6) is 0 Å². The molecule has 1 amide bonds. The van der Waals surface area contributed by atoms with Crippen molar-refractivity contribution in [2.45, 2.75) is 53.1 Å². The number of amides is 1. The Morgan fingerprint density at radius 2 is 1.47 bits per heavy atom. The zero-order chi connectivity index (χ0) is 21.4. The van der Waals surface area contributed by atoms with Gasteiger partial charge < -0.3 is 9.42 Å². The van der Waals surface area contributed by atoms with E-state index in [-0.39, 0.29) is 18.0 Å². The summed E-state index contributed by atoms with van der Waals surface area (Å²) < 4.78 is 5.71. The third-order valence-electron chi connectivity index (χ3n) is 5.53. The number of carbonyl (C=O) groups is 1. The molecule has 0 aliphatic heterocycles. The number of pyridine rings is 1. The zero-order valence-corrected chi connectivity index (χ0v) is 18.1. The number of para-hydroxylation sites is 2. The van der Waals surface area contributed by atoms with E-state index in [1.54, 1.807) is 0 Å². The second kappa shape index (κ2) is 7.90. The molecule has 0 saturated heterocycles. The highest BCUT2D eigenvalue weighted by Gasteiger charge is 2.29. The Labute approximate surface area is 176 Å². The van der Waals surface area contributed by atoms with Crippen LogP contribution in [0.25, 0.3) is 21.8 Å². The second-order valence-corrected chi connectivity index (χ2v) is 8.27. The minimum absolute atomic E-state index is 0.0311. The molecule has 154 valence electrons. The van der Waals surface area contributed by atoms with Crippen LogP contribution < -0.4 is 0 Å². The van der Waals surface area contributed by atoms with Crippen molar-refractivity contribution >= 4 is 27.7 Å². The van der Waals surface area contributed by atoms with E-state index in [0.717, 1.165) is 27.4 Å². The molecule has 0 unspecified atom stereocenters. The van der Waals surface area contributed by atoms with E-state index in [0.29, 0.717) is 23.4 Å². The average Bonchev–Trinajstić information content (AvgIpc) is 3.07. The quantitative estimate of drug-likeness (QED) is 0.412. The second-order valence-electron chi connectivity index (χ2n) is 8.27. The van der Waals surface area contributed by atoms with E-state index in [9.17, 15) is 4.79 Å². The summed E-state index contributed by atoms with van der Waals surface area (Å²) in [7, 11) is 0. The van der Waals surface area contributed by atoms with Gasteiger partial charge in [0.2, 0.25) is 0 Å². The van der Waals surface area contributed by atoms with Crippen LogP contribution in [0, 0.1) is 6.92 Å². The zero-order valence-electron chi connectivity index (χ0n) is 18.1. The van der Waals surface area contributed by atoms with Crippen molar-refractivity contribution in [1.29, 1.82) is 0 Å². The van der Waals surface area contributed by atoms with Crippen molar-refractivity contribution in [3.8, 4) is 0 Å². The number of rotatable bonds is 5. The summed E-state index contributed by atoms with van der Waals surface area (Å²) in [5.74, 6) is 0.571. The van der Waals surface area contributed by atoms with Gasteiger partial charge >= 0.3 is 0 Å². The Kier molecular flexibility index (Phi) is 5.29. The lowest BCUT2D eigenvalue weighted by atomic mass is 9.97. The predicted molar refractivity (Wildman–Crippen MR) is 120 cm³/mol. The molecule has 0 spiro atoms. The maximum Gasteiger partial charge on any atom is 0.259 e. The number of carbonyl (C=O) groups excluding carboxylic acids is 1. The van der Waals surface area contributed by atoms with Crippen LogP contribution in [0.1, 0.15) is 55.1 Å². The minimum Gasteiger partial charge on any atom is -0.360 e. The third-order valence-corrected chi connectivity index (χ3v) is 5.53. The van der Waals surface area contributed by atoms with E-state index in [1.165, 1.54) is 0 Å². The topological polar surface area (TPSA) is 59.2 Å². The first-order valence-corrected chi connectivity index (χ1v) is 10.4. The molecule has 0 bridgehead atoms. The lowest BCUT2D eigenvalue weighted by Gasteiger charge is -2.30. The molecule has 4 rings (SSSR count). The van der Waals surface area contributed by atoms with Crippen LogP contribution in [-0.4, -0.2) is 33.0 Å². The molecule has 0 radical (unpaired) electrons. The molecule has 0 aliphatic rings. The maximum atomic E-state index is 13.5. The van der Waals surface area contributed by atoms with Crippen molar-refractivity contribution in [1.82, 2.24) is 15.0 Å². The van der Waals surface area contributed by atoms with E-state index >= 15 is 0 Å². The van der Waals surface area contributed by atoms with Gasteiger partial charge in [-0.05, 0) is 52.3 Å². The number of hydrogen-bond donors (Lipinski definition) is 0. The van der Waals surface area contributed by atoms with Gasteiger partial charge in [-0.3, -0.25) is 4.79 Å². The van der Waals surface area contributed by atoms with Gasteiger partial charge in [0, 0.05) is 29.3 Å².